The summed E-state index contributed by atoms with van der Waals surface area (Å²) in [4.78, 5) is 25.2. The minimum atomic E-state index is -0.387. The van der Waals surface area contributed by atoms with Crippen LogP contribution in [0.15, 0.2) is 41.2 Å². The lowest BCUT2D eigenvalue weighted by Crippen LogP contribution is -2.46. The smallest absolute Gasteiger partial charge is 0.270 e. The highest BCUT2D eigenvalue weighted by atomic mass is 16.6. The summed E-state index contributed by atoms with van der Waals surface area (Å²) in [7, 11) is 0. The van der Waals surface area contributed by atoms with Crippen LogP contribution in [0.3, 0.4) is 0 Å². The molecule has 23 heavy (non-hydrogen) atoms. The molecule has 1 unspecified atom stereocenters. The van der Waals surface area contributed by atoms with Gasteiger partial charge in [-0.3, -0.25) is 19.5 Å². The van der Waals surface area contributed by atoms with Crippen LogP contribution in [0.1, 0.15) is 12.8 Å². The van der Waals surface area contributed by atoms with Crippen molar-refractivity contribution in [3.63, 3.8) is 0 Å². The van der Waals surface area contributed by atoms with Crippen molar-refractivity contribution in [3.05, 3.63) is 56.9 Å². The van der Waals surface area contributed by atoms with E-state index in [1.54, 1.807) is 24.3 Å². The fraction of sp³-hybridized carbons (Fsp3) is 0.353. The molecule has 2 aromatic rings. The summed E-state index contributed by atoms with van der Waals surface area (Å²) in [6.07, 6.45) is 2.28. The number of hydrogen-bond acceptors (Lipinski definition) is 4. The summed E-state index contributed by atoms with van der Waals surface area (Å²) in [5.74, 6) is 1.43. The highest BCUT2D eigenvalue weighted by molar-refractivity contribution is 5.78. The quantitative estimate of drug-likeness (QED) is 0.631. The van der Waals surface area contributed by atoms with Crippen LogP contribution in [0.4, 0.5) is 11.5 Å². The van der Waals surface area contributed by atoms with Gasteiger partial charge < -0.3 is 4.90 Å². The second-order valence-electron chi connectivity index (χ2n) is 6.28. The van der Waals surface area contributed by atoms with Gasteiger partial charge in [-0.05, 0) is 30.4 Å². The number of anilines is 1. The molecule has 0 N–H and O–H groups in total. The molecule has 1 aromatic heterocycles. The van der Waals surface area contributed by atoms with Crippen LogP contribution in [0.25, 0.3) is 11.1 Å². The van der Waals surface area contributed by atoms with E-state index in [0.29, 0.717) is 5.92 Å². The lowest BCUT2D eigenvalue weighted by Gasteiger charge is -2.42. The molecule has 0 aliphatic carbocycles. The third-order valence-electron chi connectivity index (χ3n) is 4.78. The minimum Gasteiger partial charge on any atom is -0.357 e. The van der Waals surface area contributed by atoms with Crippen LogP contribution in [-0.2, 0) is 6.54 Å². The Kier molecular flexibility index (Phi) is 3.18. The Morgan fingerprint density at radius 3 is 2.87 bits per heavy atom. The third-order valence-corrected chi connectivity index (χ3v) is 4.78. The maximum atomic E-state index is 12.3. The van der Waals surface area contributed by atoms with Crippen molar-refractivity contribution in [2.24, 2.45) is 5.92 Å². The molecule has 1 aromatic carbocycles. The second-order valence-corrected chi connectivity index (χ2v) is 6.28. The van der Waals surface area contributed by atoms with Crippen molar-refractivity contribution >= 4 is 11.5 Å². The van der Waals surface area contributed by atoms with Crippen molar-refractivity contribution in [3.8, 4) is 11.1 Å². The molecule has 2 bridgehead atoms. The number of nitro benzene ring substituents is 1. The number of aromatic nitrogens is 1. The van der Waals surface area contributed by atoms with Crippen LogP contribution in [-0.4, -0.2) is 22.6 Å². The fourth-order valence-electron chi connectivity index (χ4n) is 3.76. The Balaban J connectivity index is 1.91. The summed E-state index contributed by atoms with van der Waals surface area (Å²) < 4.78 is 1.83. The summed E-state index contributed by atoms with van der Waals surface area (Å²) >= 11 is 0. The number of benzene rings is 1. The number of fused-ring (bicyclic) bond motifs is 4. The molecule has 1 fully saturated rings. The maximum Gasteiger partial charge on any atom is 0.270 e. The standard InChI is InChI=1S/C17H17N3O3/c21-16-7-6-15(13-4-1-5-14(9-13)20(22)23)17-18-8-2-3-12(10-18)11-19(16)17/h1,4-7,9,12H,2-3,8,10-11H2. The zero-order valence-electron chi connectivity index (χ0n) is 12.6. The molecule has 2 aliphatic rings. The number of pyridine rings is 1. The van der Waals surface area contributed by atoms with E-state index in [1.807, 2.05) is 10.6 Å². The Hall–Kier alpha value is -2.63. The number of nitro groups is 1. The summed E-state index contributed by atoms with van der Waals surface area (Å²) in [5, 5.41) is 11.0. The highest BCUT2D eigenvalue weighted by Gasteiger charge is 2.30. The van der Waals surface area contributed by atoms with Gasteiger partial charge in [0.25, 0.3) is 11.2 Å². The van der Waals surface area contributed by atoms with Crippen LogP contribution in [0.5, 0.6) is 0 Å². The molecule has 1 atom stereocenters. The van der Waals surface area contributed by atoms with Crippen LogP contribution in [0, 0.1) is 16.0 Å². The number of non-ortho nitro benzene ring substituents is 1. The first-order chi connectivity index (χ1) is 11.1. The van der Waals surface area contributed by atoms with Crippen LogP contribution in [0.2, 0.25) is 0 Å². The molecule has 3 heterocycles. The molecule has 2 aliphatic heterocycles. The molecular weight excluding hydrogens is 294 g/mol. The first-order valence-corrected chi connectivity index (χ1v) is 7.87. The van der Waals surface area contributed by atoms with E-state index in [2.05, 4.69) is 4.90 Å². The predicted octanol–water partition coefficient (Wildman–Crippen LogP) is 2.65. The van der Waals surface area contributed by atoms with E-state index in [4.69, 9.17) is 0 Å². The molecule has 1 saturated heterocycles. The summed E-state index contributed by atoms with van der Waals surface area (Å²) in [6.45, 7) is 2.64. The van der Waals surface area contributed by atoms with E-state index >= 15 is 0 Å². The number of piperidine rings is 1. The first-order valence-electron chi connectivity index (χ1n) is 7.87. The van der Waals surface area contributed by atoms with Crippen molar-refractivity contribution in [2.75, 3.05) is 18.0 Å². The van der Waals surface area contributed by atoms with Gasteiger partial charge in [-0.1, -0.05) is 12.1 Å². The molecule has 4 rings (SSSR count). The lowest BCUT2D eigenvalue weighted by molar-refractivity contribution is -0.384. The van der Waals surface area contributed by atoms with E-state index < -0.39 is 0 Å². The minimum absolute atomic E-state index is 0.00535. The largest absolute Gasteiger partial charge is 0.357 e. The van der Waals surface area contributed by atoms with Gasteiger partial charge in [0.05, 0.1) is 4.92 Å². The monoisotopic (exact) mass is 311 g/mol. The van der Waals surface area contributed by atoms with Gasteiger partial charge in [0.1, 0.15) is 5.82 Å². The first kappa shape index (κ1) is 14.0. The Morgan fingerprint density at radius 1 is 1.17 bits per heavy atom. The van der Waals surface area contributed by atoms with Gasteiger partial charge in [0.15, 0.2) is 0 Å². The van der Waals surface area contributed by atoms with Gasteiger partial charge in [-0.2, -0.15) is 0 Å². The summed E-state index contributed by atoms with van der Waals surface area (Å²) in [6, 6.07) is 9.99. The average molecular weight is 311 g/mol. The van der Waals surface area contributed by atoms with Crippen molar-refractivity contribution in [1.82, 2.24) is 4.57 Å². The second kappa shape index (κ2) is 5.22. The predicted molar refractivity (Wildman–Crippen MR) is 87.7 cm³/mol. The normalized spacial score (nSPS) is 19.3. The van der Waals surface area contributed by atoms with Gasteiger partial charge in [0.2, 0.25) is 0 Å². The lowest BCUT2D eigenvalue weighted by atomic mass is 9.93. The molecule has 6 heteroatoms. The Bertz CT molecular complexity index is 843. The van der Waals surface area contributed by atoms with Crippen LogP contribution >= 0.6 is 0 Å². The zero-order chi connectivity index (χ0) is 16.0. The van der Waals surface area contributed by atoms with Gasteiger partial charge >= 0.3 is 0 Å². The number of nitrogens with zero attached hydrogens (tertiary/aromatic N) is 3. The molecule has 0 saturated carbocycles. The van der Waals surface area contributed by atoms with E-state index in [-0.39, 0.29) is 16.2 Å². The number of hydrogen-bond donors (Lipinski definition) is 0. The van der Waals surface area contributed by atoms with Gasteiger partial charge in [0, 0.05) is 43.4 Å². The SMILES string of the molecule is O=c1ccc(-c2cccc([N+](=O)[O-])c2)c2n1CC1CCCN2C1. The number of rotatable bonds is 2. The zero-order valence-corrected chi connectivity index (χ0v) is 12.6. The molecule has 6 nitrogen and oxygen atoms in total. The Labute approximate surface area is 133 Å². The van der Waals surface area contributed by atoms with Crippen molar-refractivity contribution < 1.29 is 4.92 Å². The highest BCUT2D eigenvalue weighted by Crippen LogP contribution is 2.37. The molecular formula is C17H17N3O3. The van der Waals surface area contributed by atoms with E-state index in [0.717, 1.165) is 49.4 Å². The molecule has 0 spiro atoms. The topological polar surface area (TPSA) is 68.4 Å². The van der Waals surface area contributed by atoms with E-state index in [9.17, 15) is 14.9 Å². The summed E-state index contributed by atoms with van der Waals surface area (Å²) in [5.41, 5.74) is 1.76. The molecule has 118 valence electrons. The van der Waals surface area contributed by atoms with Crippen molar-refractivity contribution in [2.45, 2.75) is 19.4 Å². The van der Waals surface area contributed by atoms with Gasteiger partial charge in [-0.25, -0.2) is 0 Å². The van der Waals surface area contributed by atoms with Crippen LogP contribution < -0.4 is 10.5 Å². The average Bonchev–Trinajstić information content (AvgIpc) is 2.56. The van der Waals surface area contributed by atoms with Gasteiger partial charge in [-0.15, -0.1) is 0 Å². The third kappa shape index (κ3) is 2.30. The molecule has 0 radical (unpaired) electrons. The van der Waals surface area contributed by atoms with Crippen molar-refractivity contribution in [1.29, 1.82) is 0 Å². The fourth-order valence-corrected chi connectivity index (χ4v) is 3.76. The maximum absolute atomic E-state index is 12.3. The van der Waals surface area contributed by atoms with E-state index in [1.165, 1.54) is 6.07 Å². The Morgan fingerprint density at radius 2 is 2.04 bits per heavy atom. The molecule has 0 amide bonds.